The largest absolute Gasteiger partial charge is 0.388 e. The molecule has 2 aliphatic rings. The first-order valence-corrected chi connectivity index (χ1v) is 5.94. The normalized spacial score (nSPS) is 29.2. The van der Waals surface area contributed by atoms with Crippen molar-refractivity contribution in [2.45, 2.75) is 25.2 Å². The van der Waals surface area contributed by atoms with Gasteiger partial charge in [0.2, 0.25) is 0 Å². The van der Waals surface area contributed by atoms with Gasteiger partial charge in [0.15, 0.2) is 0 Å². The molecule has 2 unspecified atom stereocenters. The minimum atomic E-state index is 0.751. The fraction of sp³-hybridized carbons (Fsp3) is 0.429. The van der Waals surface area contributed by atoms with Crippen molar-refractivity contribution in [3.63, 3.8) is 0 Å². The van der Waals surface area contributed by atoms with Crippen LogP contribution in [-0.4, -0.2) is 6.54 Å². The Hall–Kier alpha value is -1.24. The van der Waals surface area contributed by atoms with Crippen LogP contribution in [0.4, 0.5) is 0 Å². The summed E-state index contributed by atoms with van der Waals surface area (Å²) in [5.41, 5.74) is 3.03. The van der Waals surface area contributed by atoms with Crippen LogP contribution in [0, 0.1) is 5.92 Å². The molecule has 1 aliphatic carbocycles. The SMILES string of the molecule is C1=C2NCCC2C(c2ccccc2)CC1. The highest BCUT2D eigenvalue weighted by molar-refractivity contribution is 5.27. The lowest BCUT2D eigenvalue weighted by atomic mass is 9.77. The predicted molar refractivity (Wildman–Crippen MR) is 62.6 cm³/mol. The minimum absolute atomic E-state index is 0.751. The fourth-order valence-electron chi connectivity index (χ4n) is 3.02. The van der Waals surface area contributed by atoms with Gasteiger partial charge in [-0.2, -0.15) is 0 Å². The first-order valence-electron chi connectivity index (χ1n) is 5.94. The zero-order valence-electron chi connectivity index (χ0n) is 8.95. The van der Waals surface area contributed by atoms with Gasteiger partial charge in [-0.3, -0.25) is 0 Å². The van der Waals surface area contributed by atoms with E-state index in [2.05, 4.69) is 41.7 Å². The number of allylic oxidation sites excluding steroid dienone is 2. The van der Waals surface area contributed by atoms with Gasteiger partial charge in [-0.1, -0.05) is 36.4 Å². The molecule has 0 amide bonds. The number of nitrogens with one attached hydrogen (secondary N) is 1. The molecule has 0 bridgehead atoms. The second-order valence-corrected chi connectivity index (χ2v) is 4.58. The molecule has 0 radical (unpaired) electrons. The van der Waals surface area contributed by atoms with Crippen molar-refractivity contribution in [2.75, 3.05) is 6.54 Å². The Morgan fingerprint density at radius 2 is 1.87 bits per heavy atom. The van der Waals surface area contributed by atoms with E-state index in [0.717, 1.165) is 11.8 Å². The summed E-state index contributed by atoms with van der Waals surface area (Å²) in [6, 6.07) is 11.0. The van der Waals surface area contributed by atoms with Gasteiger partial charge in [-0.15, -0.1) is 0 Å². The maximum Gasteiger partial charge on any atom is 0.0150 e. The summed E-state index contributed by atoms with van der Waals surface area (Å²) in [5.74, 6) is 1.52. The van der Waals surface area contributed by atoms with Gasteiger partial charge in [0, 0.05) is 18.2 Å². The second kappa shape index (κ2) is 3.73. The molecule has 1 aromatic carbocycles. The zero-order valence-corrected chi connectivity index (χ0v) is 8.95. The molecular weight excluding hydrogens is 182 g/mol. The molecule has 78 valence electrons. The van der Waals surface area contributed by atoms with Crippen LogP contribution in [-0.2, 0) is 0 Å². The molecule has 1 fully saturated rings. The van der Waals surface area contributed by atoms with Crippen LogP contribution in [0.2, 0.25) is 0 Å². The molecule has 0 saturated carbocycles. The number of rotatable bonds is 1. The Bertz CT molecular complexity index is 366. The van der Waals surface area contributed by atoms with E-state index in [4.69, 9.17) is 0 Å². The van der Waals surface area contributed by atoms with E-state index in [1.54, 1.807) is 0 Å². The Morgan fingerprint density at radius 1 is 1.00 bits per heavy atom. The van der Waals surface area contributed by atoms with Crippen molar-refractivity contribution < 1.29 is 0 Å². The summed E-state index contributed by atoms with van der Waals surface area (Å²) >= 11 is 0. The molecule has 1 aliphatic heterocycles. The maximum atomic E-state index is 3.52. The van der Waals surface area contributed by atoms with Crippen molar-refractivity contribution in [1.82, 2.24) is 5.32 Å². The third-order valence-electron chi connectivity index (χ3n) is 3.74. The first-order chi connectivity index (χ1) is 7.45. The van der Waals surface area contributed by atoms with Crippen LogP contribution in [0.25, 0.3) is 0 Å². The topological polar surface area (TPSA) is 12.0 Å². The van der Waals surface area contributed by atoms with E-state index >= 15 is 0 Å². The Labute approximate surface area is 91.2 Å². The Kier molecular flexibility index (Phi) is 2.24. The molecule has 1 heterocycles. The van der Waals surface area contributed by atoms with Gasteiger partial charge in [-0.05, 0) is 30.7 Å². The van der Waals surface area contributed by atoms with Gasteiger partial charge in [-0.25, -0.2) is 0 Å². The van der Waals surface area contributed by atoms with Crippen molar-refractivity contribution in [3.8, 4) is 0 Å². The first kappa shape index (κ1) is 9.02. The number of hydrogen-bond acceptors (Lipinski definition) is 1. The van der Waals surface area contributed by atoms with Crippen molar-refractivity contribution in [3.05, 3.63) is 47.7 Å². The highest BCUT2D eigenvalue weighted by Crippen LogP contribution is 2.41. The smallest absolute Gasteiger partial charge is 0.0150 e. The summed E-state index contributed by atoms with van der Waals surface area (Å²) in [6.45, 7) is 1.17. The average molecular weight is 199 g/mol. The van der Waals surface area contributed by atoms with E-state index < -0.39 is 0 Å². The Morgan fingerprint density at radius 3 is 2.73 bits per heavy atom. The third-order valence-corrected chi connectivity index (χ3v) is 3.74. The third kappa shape index (κ3) is 1.56. The van der Waals surface area contributed by atoms with E-state index in [1.165, 1.54) is 37.1 Å². The summed E-state index contributed by atoms with van der Waals surface area (Å²) in [6.07, 6.45) is 6.26. The van der Waals surface area contributed by atoms with Crippen LogP contribution in [0.1, 0.15) is 30.7 Å². The van der Waals surface area contributed by atoms with Crippen molar-refractivity contribution in [1.29, 1.82) is 0 Å². The summed E-state index contributed by atoms with van der Waals surface area (Å²) in [5, 5.41) is 3.52. The molecule has 1 nitrogen and oxygen atoms in total. The van der Waals surface area contributed by atoms with Crippen LogP contribution >= 0.6 is 0 Å². The molecule has 0 aromatic heterocycles. The van der Waals surface area contributed by atoms with Gasteiger partial charge < -0.3 is 5.32 Å². The molecule has 15 heavy (non-hydrogen) atoms. The Balaban J connectivity index is 1.91. The highest BCUT2D eigenvalue weighted by Gasteiger charge is 2.31. The molecular formula is C14H17N. The van der Waals surface area contributed by atoms with Gasteiger partial charge in [0.25, 0.3) is 0 Å². The fourth-order valence-corrected chi connectivity index (χ4v) is 3.02. The number of benzene rings is 1. The molecule has 1 saturated heterocycles. The molecule has 3 rings (SSSR count). The lowest BCUT2D eigenvalue weighted by Gasteiger charge is -2.28. The molecule has 1 N–H and O–H groups in total. The lowest BCUT2D eigenvalue weighted by Crippen LogP contribution is -2.18. The quantitative estimate of drug-likeness (QED) is 0.733. The molecule has 1 aromatic rings. The monoisotopic (exact) mass is 199 g/mol. The van der Waals surface area contributed by atoms with Gasteiger partial charge in [0.1, 0.15) is 0 Å². The summed E-state index contributed by atoms with van der Waals surface area (Å²) < 4.78 is 0. The lowest BCUT2D eigenvalue weighted by molar-refractivity contribution is 0.450. The standard InChI is InChI=1S/C14H17N/c1-2-5-11(6-3-1)12-7-4-8-14-13(12)9-10-15-14/h1-3,5-6,8,12-13,15H,4,7,9-10H2. The molecule has 2 atom stereocenters. The molecule has 0 spiro atoms. The predicted octanol–water partition coefficient (Wildman–Crippen LogP) is 3.06. The van der Waals surface area contributed by atoms with E-state index in [1.807, 2.05) is 0 Å². The minimum Gasteiger partial charge on any atom is -0.388 e. The van der Waals surface area contributed by atoms with E-state index in [0.29, 0.717) is 0 Å². The van der Waals surface area contributed by atoms with Crippen LogP contribution in [0.3, 0.4) is 0 Å². The van der Waals surface area contributed by atoms with E-state index in [-0.39, 0.29) is 0 Å². The van der Waals surface area contributed by atoms with Crippen LogP contribution in [0.5, 0.6) is 0 Å². The average Bonchev–Trinajstić information content (AvgIpc) is 2.78. The van der Waals surface area contributed by atoms with Crippen molar-refractivity contribution in [2.24, 2.45) is 5.92 Å². The van der Waals surface area contributed by atoms with Crippen LogP contribution in [0.15, 0.2) is 42.1 Å². The summed E-state index contributed by atoms with van der Waals surface area (Å²) in [7, 11) is 0. The summed E-state index contributed by atoms with van der Waals surface area (Å²) in [4.78, 5) is 0. The molecule has 1 heteroatoms. The van der Waals surface area contributed by atoms with Gasteiger partial charge >= 0.3 is 0 Å². The second-order valence-electron chi connectivity index (χ2n) is 4.58. The number of hydrogen-bond donors (Lipinski definition) is 1. The number of fused-ring (bicyclic) bond motifs is 1. The van der Waals surface area contributed by atoms with Gasteiger partial charge in [0.05, 0.1) is 0 Å². The van der Waals surface area contributed by atoms with E-state index in [9.17, 15) is 0 Å². The van der Waals surface area contributed by atoms with Crippen LogP contribution < -0.4 is 5.32 Å². The maximum absolute atomic E-state index is 3.52. The highest BCUT2D eigenvalue weighted by atomic mass is 14.9. The zero-order chi connectivity index (χ0) is 10.1. The van der Waals surface area contributed by atoms with Crippen molar-refractivity contribution >= 4 is 0 Å².